The van der Waals surface area contributed by atoms with E-state index in [2.05, 4.69) is 46.3 Å². The second-order valence-electron chi connectivity index (χ2n) is 6.16. The van der Waals surface area contributed by atoms with Gasteiger partial charge in [-0.1, -0.05) is 30.3 Å². The summed E-state index contributed by atoms with van der Waals surface area (Å²) in [4.78, 5) is 17.2. The van der Waals surface area contributed by atoms with Gasteiger partial charge in [0, 0.05) is 35.0 Å². The lowest BCUT2D eigenvalue weighted by molar-refractivity contribution is 0.112. The van der Waals surface area contributed by atoms with Crippen molar-refractivity contribution in [2.75, 3.05) is 4.90 Å². The number of aldehydes is 1. The van der Waals surface area contributed by atoms with E-state index in [9.17, 15) is 4.79 Å². The second-order valence-corrected chi connectivity index (χ2v) is 6.16. The van der Waals surface area contributed by atoms with Crippen LogP contribution in [0.4, 0.5) is 17.1 Å². The van der Waals surface area contributed by atoms with Crippen LogP contribution in [0.3, 0.4) is 0 Å². The van der Waals surface area contributed by atoms with Crippen LogP contribution in [-0.4, -0.2) is 11.3 Å². The number of nitrogens with zero attached hydrogens (tertiary/aromatic N) is 2. The Bertz CT molecular complexity index is 1010. The normalized spacial score (nSPS) is 10.4. The zero-order valence-electron chi connectivity index (χ0n) is 14.7. The van der Waals surface area contributed by atoms with Gasteiger partial charge in [0.25, 0.3) is 0 Å². The molecule has 0 amide bonds. The highest BCUT2D eigenvalue weighted by Crippen LogP contribution is 2.35. The Hall–Kier alpha value is -3.72. The summed E-state index contributed by atoms with van der Waals surface area (Å²) in [6.07, 6.45) is 4.46. The number of carbonyl (C=O) groups is 1. The molecule has 0 saturated carbocycles. The van der Waals surface area contributed by atoms with E-state index in [1.54, 1.807) is 12.4 Å². The van der Waals surface area contributed by atoms with Crippen molar-refractivity contribution in [2.24, 2.45) is 0 Å². The maximum atomic E-state index is 11.0. The number of aromatic nitrogens is 1. The standard InChI is InChI=1S/C24H18N2O/c27-18-19-6-10-23(11-7-19)26(22-4-2-1-3-5-22)24-12-8-20(9-13-24)21-14-16-25-17-15-21/h1-18H. The van der Waals surface area contributed by atoms with Gasteiger partial charge in [-0.15, -0.1) is 0 Å². The van der Waals surface area contributed by atoms with E-state index in [0.717, 1.165) is 34.5 Å². The Morgan fingerprint density at radius 2 is 1.11 bits per heavy atom. The summed E-state index contributed by atoms with van der Waals surface area (Å²) in [7, 11) is 0. The molecule has 3 heteroatoms. The van der Waals surface area contributed by atoms with Gasteiger partial charge < -0.3 is 4.90 Å². The minimum absolute atomic E-state index is 0.666. The number of pyridine rings is 1. The summed E-state index contributed by atoms with van der Waals surface area (Å²) in [6.45, 7) is 0. The lowest BCUT2D eigenvalue weighted by Crippen LogP contribution is -2.09. The third kappa shape index (κ3) is 3.62. The van der Waals surface area contributed by atoms with Crippen molar-refractivity contribution in [3.63, 3.8) is 0 Å². The quantitative estimate of drug-likeness (QED) is 0.412. The highest BCUT2D eigenvalue weighted by Gasteiger charge is 2.12. The van der Waals surface area contributed by atoms with Crippen LogP contribution >= 0.6 is 0 Å². The summed E-state index contributed by atoms with van der Waals surface area (Å²) in [5, 5.41) is 0. The second kappa shape index (κ2) is 7.67. The van der Waals surface area contributed by atoms with Crippen molar-refractivity contribution < 1.29 is 4.79 Å². The Labute approximate surface area is 158 Å². The Morgan fingerprint density at radius 3 is 1.70 bits per heavy atom. The van der Waals surface area contributed by atoms with Gasteiger partial charge in [0.05, 0.1) is 0 Å². The molecule has 0 radical (unpaired) electrons. The SMILES string of the molecule is O=Cc1ccc(N(c2ccccc2)c2ccc(-c3ccncc3)cc2)cc1. The molecular weight excluding hydrogens is 332 g/mol. The van der Waals surface area contributed by atoms with E-state index in [1.807, 2.05) is 54.6 Å². The molecular formula is C24H18N2O. The first kappa shape index (κ1) is 16.7. The molecule has 0 unspecified atom stereocenters. The Kier molecular flexibility index (Phi) is 4.75. The number of hydrogen-bond acceptors (Lipinski definition) is 3. The first-order chi connectivity index (χ1) is 13.3. The summed E-state index contributed by atoms with van der Waals surface area (Å²) >= 11 is 0. The van der Waals surface area contributed by atoms with Crippen molar-refractivity contribution in [3.05, 3.63) is 109 Å². The fourth-order valence-corrected chi connectivity index (χ4v) is 3.07. The zero-order valence-corrected chi connectivity index (χ0v) is 14.7. The van der Waals surface area contributed by atoms with Gasteiger partial charge in [0.2, 0.25) is 0 Å². The largest absolute Gasteiger partial charge is 0.311 e. The van der Waals surface area contributed by atoms with Crippen molar-refractivity contribution in [1.29, 1.82) is 0 Å². The molecule has 3 aromatic carbocycles. The van der Waals surface area contributed by atoms with E-state index in [-0.39, 0.29) is 0 Å². The molecule has 27 heavy (non-hydrogen) atoms. The Morgan fingerprint density at radius 1 is 0.593 bits per heavy atom. The van der Waals surface area contributed by atoms with E-state index < -0.39 is 0 Å². The molecule has 3 nitrogen and oxygen atoms in total. The summed E-state index contributed by atoms with van der Waals surface area (Å²) in [5.74, 6) is 0. The maximum absolute atomic E-state index is 11.0. The lowest BCUT2D eigenvalue weighted by Gasteiger charge is -2.25. The number of benzene rings is 3. The summed E-state index contributed by atoms with van der Waals surface area (Å²) < 4.78 is 0. The number of carbonyl (C=O) groups excluding carboxylic acids is 1. The molecule has 0 atom stereocenters. The van der Waals surface area contributed by atoms with E-state index in [1.165, 1.54) is 0 Å². The molecule has 0 aliphatic heterocycles. The van der Waals surface area contributed by atoms with Gasteiger partial charge in [-0.2, -0.15) is 0 Å². The van der Waals surface area contributed by atoms with Gasteiger partial charge in [-0.3, -0.25) is 9.78 Å². The van der Waals surface area contributed by atoms with Gasteiger partial charge in [0.1, 0.15) is 6.29 Å². The fourth-order valence-electron chi connectivity index (χ4n) is 3.07. The summed E-state index contributed by atoms with van der Waals surface area (Å²) in [6, 6.07) is 30.2. The zero-order chi connectivity index (χ0) is 18.5. The first-order valence-electron chi connectivity index (χ1n) is 8.76. The number of anilines is 3. The molecule has 4 aromatic rings. The number of rotatable bonds is 5. The highest BCUT2D eigenvalue weighted by molar-refractivity contribution is 5.81. The molecule has 0 aliphatic rings. The van der Waals surface area contributed by atoms with Crippen LogP contribution in [0, 0.1) is 0 Å². The first-order valence-corrected chi connectivity index (χ1v) is 8.76. The molecule has 0 N–H and O–H groups in total. The van der Waals surface area contributed by atoms with Crippen molar-refractivity contribution in [1.82, 2.24) is 4.98 Å². The topological polar surface area (TPSA) is 33.2 Å². The third-order valence-electron chi connectivity index (χ3n) is 4.44. The monoisotopic (exact) mass is 350 g/mol. The third-order valence-corrected chi connectivity index (χ3v) is 4.44. The van der Waals surface area contributed by atoms with Gasteiger partial charge >= 0.3 is 0 Å². The van der Waals surface area contributed by atoms with Gasteiger partial charge in [-0.05, 0) is 71.8 Å². The van der Waals surface area contributed by atoms with Crippen LogP contribution in [0.5, 0.6) is 0 Å². The minimum atomic E-state index is 0.666. The fraction of sp³-hybridized carbons (Fsp3) is 0. The van der Waals surface area contributed by atoms with Gasteiger partial charge in [-0.25, -0.2) is 0 Å². The molecule has 0 aliphatic carbocycles. The van der Waals surface area contributed by atoms with Crippen molar-refractivity contribution in [2.45, 2.75) is 0 Å². The van der Waals surface area contributed by atoms with Crippen LogP contribution in [0.1, 0.15) is 10.4 Å². The smallest absolute Gasteiger partial charge is 0.150 e. The van der Waals surface area contributed by atoms with Crippen LogP contribution in [0.25, 0.3) is 11.1 Å². The van der Waals surface area contributed by atoms with Crippen molar-refractivity contribution >= 4 is 23.3 Å². The van der Waals surface area contributed by atoms with Crippen LogP contribution in [0.2, 0.25) is 0 Å². The molecule has 0 bridgehead atoms. The molecule has 130 valence electrons. The molecule has 0 spiro atoms. The van der Waals surface area contributed by atoms with Crippen molar-refractivity contribution in [3.8, 4) is 11.1 Å². The van der Waals surface area contributed by atoms with Gasteiger partial charge in [0.15, 0.2) is 0 Å². The van der Waals surface area contributed by atoms with E-state index >= 15 is 0 Å². The maximum Gasteiger partial charge on any atom is 0.150 e. The Balaban J connectivity index is 1.75. The average Bonchev–Trinajstić information content (AvgIpc) is 2.76. The summed E-state index contributed by atoms with van der Waals surface area (Å²) in [5.41, 5.74) is 6.07. The van der Waals surface area contributed by atoms with E-state index in [0.29, 0.717) is 5.56 Å². The van der Waals surface area contributed by atoms with Crippen LogP contribution in [0.15, 0.2) is 103 Å². The molecule has 0 saturated heterocycles. The number of hydrogen-bond donors (Lipinski definition) is 0. The van der Waals surface area contributed by atoms with Crippen LogP contribution < -0.4 is 4.90 Å². The van der Waals surface area contributed by atoms with E-state index in [4.69, 9.17) is 0 Å². The predicted molar refractivity (Wildman–Crippen MR) is 110 cm³/mol. The lowest BCUT2D eigenvalue weighted by atomic mass is 10.1. The molecule has 4 rings (SSSR count). The molecule has 0 fully saturated rings. The molecule has 1 aromatic heterocycles. The van der Waals surface area contributed by atoms with Crippen LogP contribution in [-0.2, 0) is 0 Å². The molecule has 1 heterocycles. The number of para-hydroxylation sites is 1. The predicted octanol–water partition coefficient (Wildman–Crippen LogP) is 6.03. The average molecular weight is 350 g/mol. The highest BCUT2D eigenvalue weighted by atomic mass is 16.1. The minimum Gasteiger partial charge on any atom is -0.311 e.